The number of hydrogen-bond donors (Lipinski definition) is 3. The first-order chi connectivity index (χ1) is 16.9. The van der Waals surface area contributed by atoms with E-state index >= 15 is 0 Å². The van der Waals surface area contributed by atoms with Crippen LogP contribution < -0.4 is 15.5 Å². The minimum Gasteiger partial charge on any atom is -0.382 e. The molecular formula is C26H25N3O6S. The van der Waals surface area contributed by atoms with E-state index in [1.54, 1.807) is 43.4 Å². The van der Waals surface area contributed by atoms with Gasteiger partial charge in [-0.05, 0) is 56.3 Å². The summed E-state index contributed by atoms with van der Waals surface area (Å²) in [5.41, 5.74) is 1.64. The Morgan fingerprint density at radius 3 is 2.08 bits per heavy atom. The first-order valence-electron chi connectivity index (χ1n) is 11.1. The van der Waals surface area contributed by atoms with Crippen LogP contribution in [0.3, 0.4) is 0 Å². The van der Waals surface area contributed by atoms with Gasteiger partial charge < -0.3 is 15.5 Å². The number of carbonyl (C=O) groups excluding carboxylic acids is 3. The Hall–Kier alpha value is -4.02. The van der Waals surface area contributed by atoms with Gasteiger partial charge in [0.25, 0.3) is 10.1 Å². The second kappa shape index (κ2) is 9.21. The summed E-state index contributed by atoms with van der Waals surface area (Å²) in [7, 11) is -3.12. The van der Waals surface area contributed by atoms with Crippen LogP contribution in [0.15, 0.2) is 59.5 Å². The number of carbonyl (C=O) groups is 3. The molecule has 1 amide bonds. The van der Waals surface area contributed by atoms with Crippen molar-refractivity contribution in [3.63, 3.8) is 0 Å². The van der Waals surface area contributed by atoms with Gasteiger partial charge in [0.2, 0.25) is 5.91 Å². The maximum atomic E-state index is 13.7. The van der Waals surface area contributed by atoms with E-state index in [1.165, 1.54) is 24.0 Å². The Bertz CT molecular complexity index is 1510. The van der Waals surface area contributed by atoms with Crippen LogP contribution in [0.2, 0.25) is 0 Å². The number of nitrogens with one attached hydrogen (secondary N) is 2. The Morgan fingerprint density at radius 2 is 1.50 bits per heavy atom. The summed E-state index contributed by atoms with van der Waals surface area (Å²) >= 11 is 0. The van der Waals surface area contributed by atoms with Gasteiger partial charge in [-0.25, -0.2) is 0 Å². The number of anilines is 4. The van der Waals surface area contributed by atoms with Gasteiger partial charge in [0, 0.05) is 42.6 Å². The number of nitrogens with zero attached hydrogens (tertiary/aromatic N) is 1. The molecule has 0 unspecified atom stereocenters. The minimum absolute atomic E-state index is 0.000759. The lowest BCUT2D eigenvalue weighted by Crippen LogP contribution is -2.27. The standard InChI is InChI=1S/C26H25N3O6S/c1-14(2)27-19-12-13-20(28-16-8-10-17(11-9-16)29(4)15(3)30)24-23(19)25(31)18-6-5-7-21(36(33,34)35)22(18)26(24)32/h5-14,27-28H,1-4H3,(H,33,34,35). The number of ketones is 2. The van der Waals surface area contributed by atoms with Gasteiger partial charge in [-0.1, -0.05) is 12.1 Å². The topological polar surface area (TPSA) is 133 Å². The van der Waals surface area contributed by atoms with Crippen LogP contribution in [0, 0.1) is 0 Å². The van der Waals surface area contributed by atoms with E-state index < -0.39 is 26.6 Å². The maximum Gasteiger partial charge on any atom is 0.295 e. The molecule has 0 bridgehead atoms. The molecule has 0 fully saturated rings. The lowest BCUT2D eigenvalue weighted by atomic mass is 9.82. The van der Waals surface area contributed by atoms with Gasteiger partial charge in [0.15, 0.2) is 11.6 Å². The number of amides is 1. The molecule has 36 heavy (non-hydrogen) atoms. The van der Waals surface area contributed by atoms with Gasteiger partial charge >= 0.3 is 0 Å². The van der Waals surface area contributed by atoms with Gasteiger partial charge in [-0.3, -0.25) is 18.9 Å². The van der Waals surface area contributed by atoms with Gasteiger partial charge in [-0.15, -0.1) is 0 Å². The molecule has 0 saturated carbocycles. The highest BCUT2D eigenvalue weighted by atomic mass is 32.2. The summed E-state index contributed by atoms with van der Waals surface area (Å²) in [5.74, 6) is -1.36. The summed E-state index contributed by atoms with van der Waals surface area (Å²) < 4.78 is 33.8. The predicted molar refractivity (Wildman–Crippen MR) is 137 cm³/mol. The van der Waals surface area contributed by atoms with Crippen molar-refractivity contribution >= 4 is 50.3 Å². The van der Waals surface area contributed by atoms with Crippen LogP contribution in [-0.2, 0) is 14.9 Å². The third-order valence-electron chi connectivity index (χ3n) is 5.89. The average molecular weight is 508 g/mol. The normalized spacial score (nSPS) is 12.7. The van der Waals surface area contributed by atoms with E-state index in [2.05, 4.69) is 10.6 Å². The Morgan fingerprint density at radius 1 is 0.889 bits per heavy atom. The number of fused-ring (bicyclic) bond motifs is 2. The van der Waals surface area contributed by atoms with Crippen molar-refractivity contribution in [3.8, 4) is 0 Å². The second-order valence-electron chi connectivity index (χ2n) is 8.77. The van der Waals surface area contributed by atoms with Crippen LogP contribution >= 0.6 is 0 Å². The smallest absolute Gasteiger partial charge is 0.295 e. The quantitative estimate of drug-likeness (QED) is 0.330. The van der Waals surface area contributed by atoms with Crippen molar-refractivity contribution < 1.29 is 27.4 Å². The SMILES string of the molecule is CC(=O)N(C)c1ccc(Nc2ccc(NC(C)C)c3c2C(=O)c2c(cccc2S(=O)(=O)O)C3=O)cc1. The third kappa shape index (κ3) is 4.48. The lowest BCUT2D eigenvalue weighted by Gasteiger charge is -2.25. The van der Waals surface area contributed by atoms with E-state index in [4.69, 9.17) is 0 Å². The minimum atomic E-state index is -4.77. The second-order valence-corrected chi connectivity index (χ2v) is 10.2. The van der Waals surface area contributed by atoms with Crippen molar-refractivity contribution in [3.05, 3.63) is 76.9 Å². The molecule has 4 rings (SSSR count). The molecule has 0 aromatic heterocycles. The van der Waals surface area contributed by atoms with E-state index in [1.807, 2.05) is 13.8 Å². The van der Waals surface area contributed by atoms with Crippen LogP contribution in [0.1, 0.15) is 52.6 Å². The molecule has 3 aromatic rings. The van der Waals surface area contributed by atoms with Crippen LogP contribution in [0.5, 0.6) is 0 Å². The average Bonchev–Trinajstić information content (AvgIpc) is 2.82. The van der Waals surface area contributed by atoms with Crippen LogP contribution in [-0.4, -0.2) is 43.5 Å². The fourth-order valence-corrected chi connectivity index (χ4v) is 4.86. The van der Waals surface area contributed by atoms with Gasteiger partial charge in [0.05, 0.1) is 22.4 Å². The number of rotatable bonds is 6. The summed E-state index contributed by atoms with van der Waals surface area (Å²) in [5, 5.41) is 6.31. The lowest BCUT2D eigenvalue weighted by molar-refractivity contribution is -0.116. The largest absolute Gasteiger partial charge is 0.382 e. The molecule has 3 N–H and O–H groups in total. The highest BCUT2D eigenvalue weighted by Crippen LogP contribution is 2.39. The van der Waals surface area contributed by atoms with Crippen molar-refractivity contribution in [2.75, 3.05) is 22.6 Å². The summed E-state index contributed by atoms with van der Waals surface area (Å²) in [6.07, 6.45) is 0. The van der Waals surface area contributed by atoms with E-state index in [0.717, 1.165) is 6.07 Å². The molecule has 0 atom stereocenters. The molecule has 1 aliphatic carbocycles. The maximum absolute atomic E-state index is 13.7. The number of hydrogen-bond acceptors (Lipinski definition) is 7. The molecule has 10 heteroatoms. The van der Waals surface area contributed by atoms with Crippen molar-refractivity contribution in [2.24, 2.45) is 0 Å². The summed E-state index contributed by atoms with van der Waals surface area (Å²) in [6.45, 7) is 5.22. The third-order valence-corrected chi connectivity index (χ3v) is 6.78. The number of benzene rings is 3. The Labute approximate surface area is 208 Å². The molecular weight excluding hydrogens is 482 g/mol. The zero-order chi connectivity index (χ0) is 26.4. The molecule has 9 nitrogen and oxygen atoms in total. The van der Waals surface area contributed by atoms with Gasteiger partial charge in [-0.2, -0.15) is 8.42 Å². The van der Waals surface area contributed by atoms with Crippen molar-refractivity contribution in [1.82, 2.24) is 0 Å². The predicted octanol–water partition coefficient (Wildman–Crippen LogP) is 4.26. The van der Waals surface area contributed by atoms with Crippen LogP contribution in [0.4, 0.5) is 22.7 Å². The molecule has 0 heterocycles. The molecule has 1 aliphatic rings. The van der Waals surface area contributed by atoms with Gasteiger partial charge in [0.1, 0.15) is 4.90 Å². The monoisotopic (exact) mass is 507 g/mol. The molecule has 0 spiro atoms. The highest BCUT2D eigenvalue weighted by Gasteiger charge is 2.38. The zero-order valence-electron chi connectivity index (χ0n) is 20.1. The molecule has 0 aliphatic heterocycles. The van der Waals surface area contributed by atoms with Crippen molar-refractivity contribution in [1.29, 1.82) is 0 Å². The highest BCUT2D eigenvalue weighted by molar-refractivity contribution is 7.86. The fourth-order valence-electron chi connectivity index (χ4n) is 4.14. The molecule has 0 radical (unpaired) electrons. The van der Waals surface area contributed by atoms with Crippen LogP contribution in [0.25, 0.3) is 0 Å². The molecule has 3 aromatic carbocycles. The fraction of sp³-hybridized carbons (Fsp3) is 0.192. The first-order valence-corrected chi connectivity index (χ1v) is 12.6. The van der Waals surface area contributed by atoms with E-state index in [9.17, 15) is 27.4 Å². The van der Waals surface area contributed by atoms with E-state index in [-0.39, 0.29) is 34.2 Å². The summed E-state index contributed by atoms with van der Waals surface area (Å²) in [6, 6.07) is 13.9. The Kier molecular flexibility index (Phi) is 6.42. The first kappa shape index (κ1) is 25.1. The molecule has 0 saturated heterocycles. The van der Waals surface area contributed by atoms with E-state index in [0.29, 0.717) is 22.7 Å². The van der Waals surface area contributed by atoms with Crippen molar-refractivity contribution in [2.45, 2.75) is 31.7 Å². The molecule has 186 valence electrons. The zero-order valence-corrected chi connectivity index (χ0v) is 20.9. The summed E-state index contributed by atoms with van der Waals surface area (Å²) in [4.78, 5) is 39.8. The Balaban J connectivity index is 1.88.